The summed E-state index contributed by atoms with van der Waals surface area (Å²) in [5.74, 6) is 0.806. The lowest BCUT2D eigenvalue weighted by Gasteiger charge is -2.35. The molecule has 1 aliphatic heterocycles. The van der Waals surface area contributed by atoms with Crippen molar-refractivity contribution in [1.29, 1.82) is 0 Å². The lowest BCUT2D eigenvalue weighted by atomic mass is 10.2. The first-order valence-electron chi connectivity index (χ1n) is 8.99. The van der Waals surface area contributed by atoms with E-state index in [1.165, 1.54) is 0 Å². The first-order valence-corrected chi connectivity index (χ1v) is 9.37. The van der Waals surface area contributed by atoms with Crippen molar-refractivity contribution in [2.24, 2.45) is 12.0 Å². The van der Waals surface area contributed by atoms with Crippen molar-refractivity contribution in [2.75, 3.05) is 37.6 Å². The Morgan fingerprint density at radius 2 is 2.14 bits per heavy atom. The number of aromatic nitrogens is 3. The molecule has 1 fully saturated rings. The number of rotatable bonds is 5. The average Bonchev–Trinajstić information content (AvgIpc) is 3.08. The van der Waals surface area contributed by atoms with Crippen LogP contribution in [0, 0.1) is 0 Å². The van der Waals surface area contributed by atoms with Gasteiger partial charge < -0.3 is 15.1 Å². The van der Waals surface area contributed by atoms with E-state index in [4.69, 9.17) is 11.6 Å². The molecule has 1 N–H and O–H groups in total. The number of carbonyl (C=O) groups excluding carboxylic acids is 1. The summed E-state index contributed by atoms with van der Waals surface area (Å²) in [6.45, 7) is 5.00. The van der Waals surface area contributed by atoms with Crippen LogP contribution in [0.4, 0.5) is 5.69 Å². The maximum Gasteiger partial charge on any atom is 0.246 e. The quantitative estimate of drug-likeness (QED) is 0.284. The van der Waals surface area contributed by atoms with Crippen molar-refractivity contribution in [1.82, 2.24) is 25.0 Å². The molecule has 1 saturated heterocycles. The zero-order valence-corrected chi connectivity index (χ0v) is 19.1. The Morgan fingerprint density at radius 1 is 1.32 bits per heavy atom. The van der Waals surface area contributed by atoms with Crippen LogP contribution in [-0.4, -0.2) is 64.3 Å². The number of hydrogen-bond acceptors (Lipinski definition) is 4. The molecule has 1 aliphatic rings. The van der Waals surface area contributed by atoms with Gasteiger partial charge in [-0.25, -0.2) is 4.98 Å². The second-order valence-corrected chi connectivity index (χ2v) is 6.70. The van der Waals surface area contributed by atoms with E-state index in [9.17, 15) is 4.79 Å². The number of guanidine groups is 1. The zero-order chi connectivity index (χ0) is 19.2. The van der Waals surface area contributed by atoms with E-state index in [2.05, 4.69) is 20.4 Å². The van der Waals surface area contributed by atoms with Gasteiger partial charge in [0.05, 0.1) is 11.9 Å². The molecule has 1 amide bonds. The van der Waals surface area contributed by atoms with Crippen LogP contribution in [0.2, 0.25) is 5.15 Å². The highest BCUT2D eigenvalue weighted by molar-refractivity contribution is 14.0. The summed E-state index contributed by atoms with van der Waals surface area (Å²) in [5.41, 5.74) is 1.91. The van der Waals surface area contributed by atoms with E-state index < -0.39 is 0 Å². The van der Waals surface area contributed by atoms with Crippen LogP contribution in [0.3, 0.4) is 0 Å². The van der Waals surface area contributed by atoms with E-state index >= 15 is 0 Å². The highest BCUT2D eigenvalue weighted by Gasteiger charge is 2.27. The fourth-order valence-electron chi connectivity index (χ4n) is 2.95. The third-order valence-corrected chi connectivity index (χ3v) is 4.53. The molecule has 8 nitrogen and oxygen atoms in total. The molecule has 0 atom stereocenters. The van der Waals surface area contributed by atoms with Crippen LogP contribution in [0.25, 0.3) is 0 Å². The highest BCUT2D eigenvalue weighted by Crippen LogP contribution is 2.16. The molecule has 2 aromatic heterocycles. The minimum Gasteiger partial charge on any atom is -0.357 e. The smallest absolute Gasteiger partial charge is 0.246 e. The molecule has 152 valence electrons. The number of piperazine rings is 1. The van der Waals surface area contributed by atoms with Crippen molar-refractivity contribution < 1.29 is 4.79 Å². The topological polar surface area (TPSA) is 78.7 Å². The van der Waals surface area contributed by atoms with Gasteiger partial charge in [0, 0.05) is 45.6 Å². The van der Waals surface area contributed by atoms with E-state index in [-0.39, 0.29) is 29.9 Å². The molecule has 3 heterocycles. The summed E-state index contributed by atoms with van der Waals surface area (Å²) in [5, 5.41) is 7.91. The molecule has 0 bridgehead atoms. The summed E-state index contributed by atoms with van der Waals surface area (Å²) in [7, 11) is 1.84. The lowest BCUT2D eigenvalue weighted by molar-refractivity contribution is -0.120. The van der Waals surface area contributed by atoms with Crippen molar-refractivity contribution in [2.45, 2.75) is 13.3 Å². The van der Waals surface area contributed by atoms with Gasteiger partial charge in [-0.3, -0.25) is 14.5 Å². The van der Waals surface area contributed by atoms with Crippen molar-refractivity contribution in [3.05, 3.63) is 41.4 Å². The number of amides is 1. The number of aliphatic imine (C=N–C) groups is 1. The maximum atomic E-state index is 12.6. The summed E-state index contributed by atoms with van der Waals surface area (Å²) in [6, 6.07) is 3.73. The summed E-state index contributed by atoms with van der Waals surface area (Å²) in [4.78, 5) is 25.1. The van der Waals surface area contributed by atoms with Gasteiger partial charge in [0.2, 0.25) is 5.91 Å². The van der Waals surface area contributed by atoms with Gasteiger partial charge in [0.1, 0.15) is 11.7 Å². The van der Waals surface area contributed by atoms with E-state index in [0.29, 0.717) is 24.8 Å². The molecule has 0 aromatic carbocycles. The lowest BCUT2D eigenvalue weighted by Crippen LogP contribution is -2.55. The minimum atomic E-state index is 0. The second-order valence-electron chi connectivity index (χ2n) is 6.31. The highest BCUT2D eigenvalue weighted by atomic mass is 127. The fourth-order valence-corrected chi connectivity index (χ4v) is 3.06. The predicted molar refractivity (Wildman–Crippen MR) is 121 cm³/mol. The molecule has 0 radical (unpaired) electrons. The van der Waals surface area contributed by atoms with E-state index in [1.807, 2.05) is 31.1 Å². The molecule has 3 rings (SSSR count). The number of aryl methyl sites for hydroxylation is 1. The molecular weight excluding hydrogens is 493 g/mol. The van der Waals surface area contributed by atoms with Gasteiger partial charge in [-0.2, -0.15) is 5.10 Å². The third-order valence-electron chi connectivity index (χ3n) is 4.31. The molecule has 0 unspecified atom stereocenters. The molecule has 2 aromatic rings. The van der Waals surface area contributed by atoms with Crippen LogP contribution >= 0.6 is 35.6 Å². The Morgan fingerprint density at radius 3 is 2.75 bits per heavy atom. The second kappa shape index (κ2) is 10.6. The summed E-state index contributed by atoms with van der Waals surface area (Å²) in [6.07, 6.45) is 6.10. The Labute approximate surface area is 187 Å². The number of carbonyl (C=O) groups is 1. The third kappa shape index (κ3) is 5.81. The molecule has 28 heavy (non-hydrogen) atoms. The minimum absolute atomic E-state index is 0. The SMILES string of the molecule is CCNC(=NCCc1ccc(Cl)nc1)N1CCN(c2cnn(C)c2)C(=O)C1.I. The normalized spacial score (nSPS) is 14.8. The van der Waals surface area contributed by atoms with Gasteiger partial charge in [-0.1, -0.05) is 17.7 Å². The molecule has 0 saturated carbocycles. The Bertz CT molecular complexity index is 809. The van der Waals surface area contributed by atoms with Gasteiger partial charge in [0.15, 0.2) is 5.96 Å². The largest absolute Gasteiger partial charge is 0.357 e. The Kier molecular flexibility index (Phi) is 8.49. The van der Waals surface area contributed by atoms with E-state index in [0.717, 1.165) is 36.7 Å². The zero-order valence-electron chi connectivity index (χ0n) is 16.0. The summed E-state index contributed by atoms with van der Waals surface area (Å²) >= 11 is 5.81. The van der Waals surface area contributed by atoms with Crippen LogP contribution < -0.4 is 10.2 Å². The standard InChI is InChI=1S/C18H24ClN7O.HI/c1-3-20-18(21-7-6-14-4-5-16(19)22-10-14)25-8-9-26(17(27)13-25)15-11-23-24(2)12-15;/h4-5,10-12H,3,6-9,13H2,1-2H3,(H,20,21);1H. The van der Waals surface area contributed by atoms with Crippen LogP contribution in [0.5, 0.6) is 0 Å². The van der Waals surface area contributed by atoms with Crippen molar-refractivity contribution in [3.8, 4) is 0 Å². The number of pyridine rings is 1. The van der Waals surface area contributed by atoms with Gasteiger partial charge in [-0.15, -0.1) is 24.0 Å². The Balaban J connectivity index is 0.00000280. The van der Waals surface area contributed by atoms with Gasteiger partial charge in [0.25, 0.3) is 0 Å². The first kappa shape index (κ1) is 22.4. The van der Waals surface area contributed by atoms with Gasteiger partial charge >= 0.3 is 0 Å². The number of nitrogens with one attached hydrogen (secondary N) is 1. The molecular formula is C18H25ClIN7O. The number of halogens is 2. The van der Waals surface area contributed by atoms with Crippen LogP contribution in [0.15, 0.2) is 35.7 Å². The average molecular weight is 518 g/mol. The monoisotopic (exact) mass is 517 g/mol. The first-order chi connectivity index (χ1) is 13.1. The fraction of sp³-hybridized carbons (Fsp3) is 0.444. The molecule has 0 spiro atoms. The van der Waals surface area contributed by atoms with Crippen molar-refractivity contribution in [3.63, 3.8) is 0 Å². The predicted octanol–water partition coefficient (Wildman–Crippen LogP) is 1.94. The van der Waals surface area contributed by atoms with Crippen LogP contribution in [-0.2, 0) is 18.3 Å². The molecule has 10 heteroatoms. The number of anilines is 1. The number of hydrogen-bond donors (Lipinski definition) is 1. The maximum absolute atomic E-state index is 12.6. The van der Waals surface area contributed by atoms with Gasteiger partial charge in [-0.05, 0) is 25.0 Å². The number of nitrogens with zero attached hydrogens (tertiary/aromatic N) is 6. The summed E-state index contributed by atoms with van der Waals surface area (Å²) < 4.78 is 1.70. The van der Waals surface area contributed by atoms with Crippen LogP contribution in [0.1, 0.15) is 12.5 Å². The Hall–Kier alpha value is -1.88. The van der Waals surface area contributed by atoms with E-state index in [1.54, 1.807) is 28.0 Å². The van der Waals surface area contributed by atoms with Crippen molar-refractivity contribution >= 4 is 53.1 Å². The molecule has 0 aliphatic carbocycles.